The Kier molecular flexibility index (Phi) is 3.24. The normalized spacial score (nSPS) is 46.8. The Morgan fingerprint density at radius 3 is 2.88 bits per heavy atom. The Morgan fingerprint density at radius 2 is 2.12 bits per heavy atom. The summed E-state index contributed by atoms with van der Waals surface area (Å²) in [7, 11) is 0. The van der Waals surface area contributed by atoms with Gasteiger partial charge in [-0.05, 0) is 36.7 Å². The van der Waals surface area contributed by atoms with Gasteiger partial charge in [-0.2, -0.15) is 0 Å². The number of esters is 2. The van der Waals surface area contributed by atoms with E-state index in [0.717, 1.165) is 12.0 Å². The van der Waals surface area contributed by atoms with E-state index in [1.807, 2.05) is 18.2 Å². The first-order chi connectivity index (χ1) is 12.5. The molecule has 1 saturated carbocycles. The second-order valence-electron chi connectivity index (χ2n) is 8.41. The molecule has 2 aliphatic heterocycles. The van der Waals surface area contributed by atoms with Crippen LogP contribution in [0.1, 0.15) is 37.9 Å². The van der Waals surface area contributed by atoms with Crippen molar-refractivity contribution in [2.45, 2.75) is 38.4 Å². The number of aliphatic hydroxyl groups is 1. The lowest BCUT2D eigenvalue weighted by Crippen LogP contribution is -2.63. The van der Waals surface area contributed by atoms with Gasteiger partial charge >= 0.3 is 11.9 Å². The van der Waals surface area contributed by atoms with Gasteiger partial charge in [0.15, 0.2) is 0 Å². The van der Waals surface area contributed by atoms with Gasteiger partial charge in [-0.15, -0.1) is 0 Å². The number of fused-ring (bicyclic) bond motifs is 2. The molecule has 1 aromatic rings. The molecule has 5 rings (SSSR count). The Hall–Kier alpha value is -2.08. The molecule has 1 N–H and O–H groups in total. The summed E-state index contributed by atoms with van der Waals surface area (Å²) in [6.07, 6.45) is 7.64. The molecule has 6 nitrogen and oxygen atoms in total. The Labute approximate surface area is 151 Å². The van der Waals surface area contributed by atoms with Crippen LogP contribution in [-0.2, 0) is 19.1 Å². The number of allylic oxidation sites excluding steroid dienone is 1. The molecule has 1 spiro atoms. The van der Waals surface area contributed by atoms with E-state index >= 15 is 0 Å². The van der Waals surface area contributed by atoms with E-state index in [1.54, 1.807) is 12.5 Å². The molecule has 2 aliphatic carbocycles. The van der Waals surface area contributed by atoms with Crippen LogP contribution in [0.2, 0.25) is 0 Å². The van der Waals surface area contributed by atoms with Crippen molar-refractivity contribution in [3.63, 3.8) is 0 Å². The average molecular weight is 358 g/mol. The number of ether oxygens (including phenoxy) is 2. The predicted octanol–water partition coefficient (Wildman–Crippen LogP) is 2.39. The van der Waals surface area contributed by atoms with Crippen molar-refractivity contribution in [3.8, 4) is 0 Å². The van der Waals surface area contributed by atoms with Gasteiger partial charge in [-0.3, -0.25) is 9.59 Å². The molecule has 138 valence electrons. The minimum Gasteiger partial charge on any atom is -0.472 e. The molecule has 0 aromatic carbocycles. The molecule has 0 bridgehead atoms. The second-order valence-corrected chi connectivity index (χ2v) is 8.41. The summed E-state index contributed by atoms with van der Waals surface area (Å²) in [5, 5.41) is 11.0. The summed E-state index contributed by atoms with van der Waals surface area (Å²) in [4.78, 5) is 25.1. The van der Waals surface area contributed by atoms with Gasteiger partial charge in [-0.25, -0.2) is 0 Å². The van der Waals surface area contributed by atoms with Crippen molar-refractivity contribution in [1.82, 2.24) is 0 Å². The van der Waals surface area contributed by atoms with Crippen LogP contribution in [0.4, 0.5) is 0 Å². The van der Waals surface area contributed by atoms with Crippen molar-refractivity contribution < 1.29 is 28.6 Å². The monoisotopic (exact) mass is 358 g/mol. The first-order valence-electron chi connectivity index (χ1n) is 9.21. The summed E-state index contributed by atoms with van der Waals surface area (Å²) in [5.41, 5.74) is -0.178. The highest BCUT2D eigenvalue weighted by atomic mass is 16.6. The molecule has 26 heavy (non-hydrogen) atoms. The highest BCUT2D eigenvalue weighted by molar-refractivity contribution is 5.79. The van der Waals surface area contributed by atoms with Crippen LogP contribution in [-0.4, -0.2) is 29.8 Å². The Morgan fingerprint density at radius 1 is 1.27 bits per heavy atom. The smallest absolute Gasteiger partial charge is 0.313 e. The summed E-state index contributed by atoms with van der Waals surface area (Å²) >= 11 is 0. The first kappa shape index (κ1) is 16.1. The molecule has 4 aliphatic rings. The molecule has 0 unspecified atom stereocenters. The Bertz CT molecular complexity index is 782. The molecular weight excluding hydrogens is 336 g/mol. The molecule has 6 heteroatoms. The first-order valence-corrected chi connectivity index (χ1v) is 9.21. The summed E-state index contributed by atoms with van der Waals surface area (Å²) in [6.45, 7) is 2.34. The van der Waals surface area contributed by atoms with E-state index in [9.17, 15) is 14.7 Å². The van der Waals surface area contributed by atoms with Crippen LogP contribution in [0, 0.1) is 28.6 Å². The highest BCUT2D eigenvalue weighted by Gasteiger charge is 2.69. The van der Waals surface area contributed by atoms with E-state index in [1.165, 1.54) is 0 Å². The maximum atomic E-state index is 12.8. The average Bonchev–Trinajstić information content (AvgIpc) is 3.26. The topological polar surface area (TPSA) is 86.0 Å². The lowest BCUT2D eigenvalue weighted by molar-refractivity contribution is -0.215. The second kappa shape index (κ2) is 5.22. The van der Waals surface area contributed by atoms with E-state index in [2.05, 4.69) is 6.92 Å². The van der Waals surface area contributed by atoms with Gasteiger partial charge in [0.1, 0.15) is 12.7 Å². The van der Waals surface area contributed by atoms with E-state index in [-0.39, 0.29) is 41.9 Å². The zero-order chi connectivity index (χ0) is 18.1. The zero-order valence-corrected chi connectivity index (χ0v) is 14.6. The predicted molar refractivity (Wildman–Crippen MR) is 88.5 cm³/mol. The number of carbonyl (C=O) groups excluding carboxylic acids is 2. The molecule has 3 fully saturated rings. The molecule has 7 atom stereocenters. The number of hydrogen-bond acceptors (Lipinski definition) is 6. The molecular formula is C20H22O6. The van der Waals surface area contributed by atoms with Gasteiger partial charge in [0, 0.05) is 5.56 Å². The van der Waals surface area contributed by atoms with Gasteiger partial charge in [0.25, 0.3) is 0 Å². The van der Waals surface area contributed by atoms with Crippen LogP contribution in [0.5, 0.6) is 0 Å². The minimum absolute atomic E-state index is 0.0209. The molecule has 0 amide bonds. The number of hydrogen-bond donors (Lipinski definition) is 1. The van der Waals surface area contributed by atoms with E-state index < -0.39 is 17.4 Å². The number of cyclic esters (lactones) is 2. The standard InChI is InChI=1S/C20H22O6/c1-19-8-14(11-5-6-24-9-11)26-18(23)13(19)7-16(21)20-10-25-17(22)12(20)3-2-4-15(19)20/h2-3,5-6,9,12-16,21H,4,7-8,10H2,1H3/t12-,13-,14+,15+,16+,19-,20+/m0/s1. The number of aliphatic hydroxyl groups excluding tert-OH is 1. The molecule has 0 radical (unpaired) electrons. The van der Waals surface area contributed by atoms with Crippen molar-refractivity contribution in [2.24, 2.45) is 28.6 Å². The third kappa shape index (κ3) is 1.85. The van der Waals surface area contributed by atoms with Gasteiger partial charge in [0.2, 0.25) is 0 Å². The van der Waals surface area contributed by atoms with Crippen LogP contribution in [0.3, 0.4) is 0 Å². The lowest BCUT2D eigenvalue weighted by Gasteiger charge is -2.60. The van der Waals surface area contributed by atoms with Crippen molar-refractivity contribution >= 4 is 11.9 Å². The quantitative estimate of drug-likeness (QED) is 0.613. The molecule has 2 saturated heterocycles. The molecule has 1 aromatic heterocycles. The van der Waals surface area contributed by atoms with Gasteiger partial charge in [0.05, 0.1) is 35.9 Å². The maximum absolute atomic E-state index is 12.8. The van der Waals surface area contributed by atoms with Crippen LogP contribution in [0.15, 0.2) is 35.2 Å². The highest BCUT2D eigenvalue weighted by Crippen LogP contribution is 2.66. The van der Waals surface area contributed by atoms with Crippen molar-refractivity contribution in [3.05, 3.63) is 36.3 Å². The van der Waals surface area contributed by atoms with Crippen molar-refractivity contribution in [2.75, 3.05) is 6.61 Å². The third-order valence-corrected chi connectivity index (χ3v) is 7.40. The Balaban J connectivity index is 1.60. The number of rotatable bonds is 1. The van der Waals surface area contributed by atoms with E-state index in [0.29, 0.717) is 12.8 Å². The zero-order valence-electron chi connectivity index (χ0n) is 14.6. The largest absolute Gasteiger partial charge is 0.472 e. The fourth-order valence-electron chi connectivity index (χ4n) is 6.07. The maximum Gasteiger partial charge on any atom is 0.313 e. The third-order valence-electron chi connectivity index (χ3n) is 7.40. The van der Waals surface area contributed by atoms with Gasteiger partial charge in [-0.1, -0.05) is 19.1 Å². The van der Waals surface area contributed by atoms with Crippen LogP contribution >= 0.6 is 0 Å². The van der Waals surface area contributed by atoms with E-state index in [4.69, 9.17) is 13.9 Å². The molecule has 3 heterocycles. The minimum atomic E-state index is -0.759. The summed E-state index contributed by atoms with van der Waals surface area (Å²) < 4.78 is 16.3. The fraction of sp³-hybridized carbons (Fsp3) is 0.600. The summed E-state index contributed by atoms with van der Waals surface area (Å²) in [6, 6.07) is 1.82. The SMILES string of the molecule is C[C@]12C[C@H](c3ccoc3)OC(=O)[C@@H]1C[C@@H](O)[C@]13COC(=O)[C@@H]1C=CC[C@H]23. The van der Waals surface area contributed by atoms with Crippen LogP contribution in [0.25, 0.3) is 0 Å². The number of furan rings is 1. The fourth-order valence-corrected chi connectivity index (χ4v) is 6.07. The van der Waals surface area contributed by atoms with Crippen LogP contribution < -0.4 is 0 Å². The van der Waals surface area contributed by atoms with Gasteiger partial charge < -0.3 is 19.0 Å². The van der Waals surface area contributed by atoms with Crippen molar-refractivity contribution in [1.29, 1.82) is 0 Å². The summed E-state index contributed by atoms with van der Waals surface area (Å²) in [5.74, 6) is -1.36. The lowest BCUT2D eigenvalue weighted by atomic mass is 9.44. The number of carbonyl (C=O) groups is 2.